The topological polar surface area (TPSA) is 49.4 Å². The maximum atomic E-state index is 12.0. The van der Waals surface area contributed by atoms with Gasteiger partial charge in [-0.3, -0.25) is 0 Å². The van der Waals surface area contributed by atoms with Crippen molar-refractivity contribution in [2.24, 2.45) is 5.41 Å². The molecule has 0 amide bonds. The number of sulfonamides is 1. The summed E-state index contributed by atoms with van der Waals surface area (Å²) < 4.78 is 25.8. The van der Waals surface area contributed by atoms with Gasteiger partial charge in [-0.15, -0.1) is 0 Å². The number of hydrogen-bond acceptors (Lipinski definition) is 3. The van der Waals surface area contributed by atoms with E-state index >= 15 is 0 Å². The highest BCUT2D eigenvalue weighted by Crippen LogP contribution is 2.30. The molecule has 1 heterocycles. The second-order valence-electron chi connectivity index (χ2n) is 5.63. The van der Waals surface area contributed by atoms with E-state index in [1.54, 1.807) is 4.31 Å². The highest BCUT2D eigenvalue weighted by atomic mass is 32.2. The summed E-state index contributed by atoms with van der Waals surface area (Å²) in [6.07, 6.45) is 2.97. The van der Waals surface area contributed by atoms with Gasteiger partial charge >= 0.3 is 0 Å². The Morgan fingerprint density at radius 2 is 1.76 bits per heavy atom. The molecular weight excluding hydrogens is 236 g/mol. The summed E-state index contributed by atoms with van der Waals surface area (Å²) >= 11 is 0. The van der Waals surface area contributed by atoms with Crippen LogP contribution in [0.5, 0.6) is 0 Å². The number of nitrogens with one attached hydrogen (secondary N) is 1. The number of rotatable bonds is 6. The van der Waals surface area contributed by atoms with Crippen LogP contribution in [0.3, 0.4) is 0 Å². The van der Waals surface area contributed by atoms with Gasteiger partial charge in [-0.1, -0.05) is 20.8 Å². The minimum Gasteiger partial charge on any atom is -0.316 e. The minimum absolute atomic E-state index is 0.230. The third-order valence-electron chi connectivity index (χ3n) is 3.43. The average Bonchev–Trinajstić information content (AvgIpc) is 2.24. The standard InChI is InChI=1S/C12H26N2O2S/c1-4-7-13-8-11-17(15,16)14-9-5-12(2,3)6-10-14/h13H,4-11H2,1-3H3. The molecule has 0 saturated carbocycles. The van der Waals surface area contributed by atoms with Gasteiger partial charge in [0.1, 0.15) is 0 Å². The van der Waals surface area contributed by atoms with Gasteiger partial charge in [0.15, 0.2) is 0 Å². The first-order chi connectivity index (χ1) is 7.87. The molecular formula is C12H26N2O2S. The zero-order chi connectivity index (χ0) is 12.9. The van der Waals surface area contributed by atoms with E-state index in [0.717, 1.165) is 25.8 Å². The smallest absolute Gasteiger partial charge is 0.215 e. The zero-order valence-corrected chi connectivity index (χ0v) is 12.1. The van der Waals surface area contributed by atoms with Gasteiger partial charge in [0, 0.05) is 19.6 Å². The second-order valence-corrected chi connectivity index (χ2v) is 7.72. The predicted molar refractivity (Wildman–Crippen MR) is 71.5 cm³/mol. The van der Waals surface area contributed by atoms with Crippen molar-refractivity contribution >= 4 is 10.0 Å². The van der Waals surface area contributed by atoms with Crippen LogP contribution < -0.4 is 5.32 Å². The Kier molecular flexibility index (Phi) is 5.41. The molecule has 102 valence electrons. The molecule has 5 heteroatoms. The van der Waals surface area contributed by atoms with E-state index in [0.29, 0.717) is 25.0 Å². The van der Waals surface area contributed by atoms with Crippen molar-refractivity contribution in [3.05, 3.63) is 0 Å². The van der Waals surface area contributed by atoms with Gasteiger partial charge in [0.25, 0.3) is 0 Å². The van der Waals surface area contributed by atoms with Crippen molar-refractivity contribution in [1.29, 1.82) is 0 Å². The fourth-order valence-electron chi connectivity index (χ4n) is 2.00. The molecule has 0 aromatic heterocycles. The van der Waals surface area contributed by atoms with E-state index in [2.05, 4.69) is 26.1 Å². The van der Waals surface area contributed by atoms with Crippen molar-refractivity contribution in [1.82, 2.24) is 9.62 Å². The van der Waals surface area contributed by atoms with Gasteiger partial charge < -0.3 is 5.32 Å². The first-order valence-corrected chi connectivity index (χ1v) is 8.17. The van der Waals surface area contributed by atoms with Crippen LogP contribution >= 0.6 is 0 Å². The van der Waals surface area contributed by atoms with E-state index in [9.17, 15) is 8.42 Å². The molecule has 0 aliphatic carbocycles. The summed E-state index contributed by atoms with van der Waals surface area (Å²) in [7, 11) is -3.04. The van der Waals surface area contributed by atoms with Gasteiger partial charge in [-0.2, -0.15) is 0 Å². The Labute approximate surface area is 106 Å². The highest BCUT2D eigenvalue weighted by molar-refractivity contribution is 7.89. The third kappa shape index (κ3) is 4.94. The molecule has 1 fully saturated rings. The van der Waals surface area contributed by atoms with Gasteiger partial charge in [0.05, 0.1) is 5.75 Å². The maximum Gasteiger partial charge on any atom is 0.215 e. The van der Waals surface area contributed by atoms with E-state index in [1.807, 2.05) is 0 Å². The molecule has 1 saturated heterocycles. The molecule has 17 heavy (non-hydrogen) atoms. The molecule has 0 spiro atoms. The summed E-state index contributed by atoms with van der Waals surface area (Å²) in [5, 5.41) is 3.14. The van der Waals surface area contributed by atoms with Crippen LogP contribution in [0.15, 0.2) is 0 Å². The van der Waals surface area contributed by atoms with E-state index in [1.165, 1.54) is 0 Å². The van der Waals surface area contributed by atoms with Crippen molar-refractivity contribution in [3.63, 3.8) is 0 Å². The number of piperidine rings is 1. The van der Waals surface area contributed by atoms with Crippen molar-refractivity contribution in [2.75, 3.05) is 31.9 Å². The zero-order valence-electron chi connectivity index (χ0n) is 11.3. The fraction of sp³-hybridized carbons (Fsp3) is 1.00. The maximum absolute atomic E-state index is 12.0. The quantitative estimate of drug-likeness (QED) is 0.737. The van der Waals surface area contributed by atoms with E-state index in [-0.39, 0.29) is 5.75 Å². The monoisotopic (exact) mass is 262 g/mol. The Bertz CT molecular complexity index is 315. The van der Waals surface area contributed by atoms with Crippen molar-refractivity contribution in [3.8, 4) is 0 Å². The number of hydrogen-bond donors (Lipinski definition) is 1. The van der Waals surface area contributed by atoms with Crippen LogP contribution in [0.4, 0.5) is 0 Å². The fourth-order valence-corrected chi connectivity index (χ4v) is 3.40. The molecule has 1 aliphatic rings. The van der Waals surface area contributed by atoms with Gasteiger partial charge in [-0.05, 0) is 31.2 Å². The van der Waals surface area contributed by atoms with Gasteiger partial charge in [-0.25, -0.2) is 12.7 Å². The molecule has 0 aromatic carbocycles. The molecule has 0 atom stereocenters. The van der Waals surface area contributed by atoms with Crippen molar-refractivity contribution in [2.45, 2.75) is 40.0 Å². The Hall–Kier alpha value is -0.130. The molecule has 0 bridgehead atoms. The van der Waals surface area contributed by atoms with E-state index < -0.39 is 10.0 Å². The molecule has 0 radical (unpaired) electrons. The van der Waals surface area contributed by atoms with Crippen LogP contribution in [0.2, 0.25) is 0 Å². The molecule has 1 rings (SSSR count). The third-order valence-corrected chi connectivity index (χ3v) is 5.30. The minimum atomic E-state index is -3.04. The SMILES string of the molecule is CCCNCCS(=O)(=O)N1CCC(C)(C)CC1. The Balaban J connectivity index is 2.38. The lowest BCUT2D eigenvalue weighted by Crippen LogP contribution is -2.43. The summed E-state index contributed by atoms with van der Waals surface area (Å²) in [5.41, 5.74) is 0.298. The second kappa shape index (κ2) is 6.16. The lowest BCUT2D eigenvalue weighted by atomic mass is 9.83. The molecule has 4 nitrogen and oxygen atoms in total. The van der Waals surface area contributed by atoms with Crippen molar-refractivity contribution < 1.29 is 8.42 Å². The Morgan fingerprint density at radius 3 is 2.29 bits per heavy atom. The van der Waals surface area contributed by atoms with Gasteiger partial charge in [0.2, 0.25) is 10.0 Å². The van der Waals surface area contributed by atoms with Crippen LogP contribution in [0, 0.1) is 5.41 Å². The molecule has 1 N–H and O–H groups in total. The Morgan fingerprint density at radius 1 is 1.18 bits per heavy atom. The average molecular weight is 262 g/mol. The largest absolute Gasteiger partial charge is 0.316 e. The lowest BCUT2D eigenvalue weighted by Gasteiger charge is -2.36. The number of nitrogens with zero attached hydrogens (tertiary/aromatic N) is 1. The summed E-state index contributed by atoms with van der Waals surface area (Å²) in [5.74, 6) is 0.230. The highest BCUT2D eigenvalue weighted by Gasteiger charge is 2.31. The molecule has 0 unspecified atom stereocenters. The summed E-state index contributed by atoms with van der Waals surface area (Å²) in [6, 6.07) is 0. The predicted octanol–water partition coefficient (Wildman–Crippen LogP) is 1.44. The van der Waals surface area contributed by atoms with E-state index in [4.69, 9.17) is 0 Å². The van der Waals surface area contributed by atoms with Crippen LogP contribution in [0.25, 0.3) is 0 Å². The first-order valence-electron chi connectivity index (χ1n) is 6.56. The summed E-state index contributed by atoms with van der Waals surface area (Å²) in [4.78, 5) is 0. The van der Waals surface area contributed by atoms with Crippen LogP contribution in [0.1, 0.15) is 40.0 Å². The van der Waals surface area contributed by atoms with Crippen LogP contribution in [-0.4, -0.2) is 44.7 Å². The lowest BCUT2D eigenvalue weighted by molar-refractivity contribution is 0.196. The normalized spacial score (nSPS) is 21.6. The first kappa shape index (κ1) is 14.9. The molecule has 0 aromatic rings. The summed E-state index contributed by atoms with van der Waals surface area (Å²) in [6.45, 7) is 9.32. The molecule has 1 aliphatic heterocycles. The van der Waals surface area contributed by atoms with Crippen LogP contribution in [-0.2, 0) is 10.0 Å².